The molecule has 0 heterocycles. The average Bonchev–Trinajstić information content (AvgIpc) is 2.28. The second kappa shape index (κ2) is 6.26. The second-order valence-corrected chi connectivity index (χ2v) is 3.24. The number of benzene rings is 1. The van der Waals surface area contributed by atoms with Gasteiger partial charge in [-0.25, -0.2) is 0 Å². The molecule has 1 aromatic rings. The van der Waals surface area contributed by atoms with Crippen molar-refractivity contribution >= 4 is 0 Å². The highest BCUT2D eigenvalue weighted by Gasteiger charge is 2.13. The number of ether oxygens (including phenoxy) is 3. The molecule has 3 heteroatoms. The second-order valence-electron chi connectivity index (χ2n) is 3.24. The van der Waals surface area contributed by atoms with Crippen LogP contribution in [0.2, 0.25) is 0 Å². The van der Waals surface area contributed by atoms with Crippen LogP contribution in [0.25, 0.3) is 0 Å². The number of hydrogen-bond donors (Lipinski definition) is 0. The van der Waals surface area contributed by atoms with Crippen LogP contribution < -0.4 is 14.2 Å². The first kappa shape index (κ1) is 12.7. The third-order valence-electron chi connectivity index (χ3n) is 2.13. The minimum Gasteiger partial charge on any atom is -0.493 e. The predicted octanol–water partition coefficient (Wildman–Crippen LogP) is 2.99. The number of rotatable bonds is 6. The first-order valence-electron chi connectivity index (χ1n) is 5.68. The van der Waals surface area contributed by atoms with E-state index in [1.54, 1.807) is 6.07 Å². The highest BCUT2D eigenvalue weighted by Crippen LogP contribution is 2.36. The molecule has 3 nitrogen and oxygen atoms in total. The van der Waals surface area contributed by atoms with Crippen LogP contribution in [0.3, 0.4) is 0 Å². The van der Waals surface area contributed by atoms with Crippen LogP contribution in [-0.4, -0.2) is 19.8 Å². The normalized spacial score (nSPS) is 10.0. The van der Waals surface area contributed by atoms with Gasteiger partial charge in [-0.3, -0.25) is 0 Å². The molecule has 1 radical (unpaired) electrons. The van der Waals surface area contributed by atoms with Gasteiger partial charge in [-0.2, -0.15) is 0 Å². The third-order valence-corrected chi connectivity index (χ3v) is 2.13. The fraction of sp³-hybridized carbons (Fsp3) is 0.538. The summed E-state index contributed by atoms with van der Waals surface area (Å²) < 4.78 is 16.5. The molecule has 0 unspecified atom stereocenters. The fourth-order valence-corrected chi connectivity index (χ4v) is 1.46. The van der Waals surface area contributed by atoms with E-state index in [2.05, 4.69) is 6.07 Å². The molecule has 0 saturated heterocycles. The summed E-state index contributed by atoms with van der Waals surface area (Å²) in [6.45, 7) is 9.64. The standard InChI is InChI=1S/C13H19O3/c1-5-14-11-8-9-12(15-6-2)13(10(11)4)16-7-3/h8H,5-7H2,1-4H3. The van der Waals surface area contributed by atoms with Crippen LogP contribution in [0.15, 0.2) is 6.07 Å². The van der Waals surface area contributed by atoms with E-state index in [0.717, 1.165) is 17.1 Å². The van der Waals surface area contributed by atoms with E-state index >= 15 is 0 Å². The summed E-state index contributed by atoms with van der Waals surface area (Å²) in [7, 11) is 0. The Morgan fingerprint density at radius 2 is 1.62 bits per heavy atom. The van der Waals surface area contributed by atoms with E-state index in [1.165, 1.54) is 0 Å². The molecule has 1 rings (SSSR count). The predicted molar refractivity (Wildman–Crippen MR) is 63.5 cm³/mol. The van der Waals surface area contributed by atoms with E-state index < -0.39 is 0 Å². The molecule has 0 spiro atoms. The zero-order valence-corrected chi connectivity index (χ0v) is 10.4. The molecule has 16 heavy (non-hydrogen) atoms. The van der Waals surface area contributed by atoms with E-state index in [-0.39, 0.29) is 0 Å². The lowest BCUT2D eigenvalue weighted by atomic mass is 10.2. The van der Waals surface area contributed by atoms with Gasteiger partial charge in [0.1, 0.15) is 5.75 Å². The Labute approximate surface area is 97.3 Å². The maximum Gasteiger partial charge on any atom is 0.169 e. The molecule has 0 amide bonds. The van der Waals surface area contributed by atoms with Crippen molar-refractivity contribution in [1.29, 1.82) is 0 Å². The minimum absolute atomic E-state index is 0.601. The van der Waals surface area contributed by atoms with Gasteiger partial charge in [0, 0.05) is 11.6 Å². The quantitative estimate of drug-likeness (QED) is 0.742. The molecule has 0 aromatic heterocycles. The lowest BCUT2D eigenvalue weighted by molar-refractivity contribution is 0.279. The minimum atomic E-state index is 0.601. The van der Waals surface area contributed by atoms with Gasteiger partial charge in [-0.15, -0.1) is 0 Å². The Kier molecular flexibility index (Phi) is 4.96. The Morgan fingerprint density at radius 1 is 1.00 bits per heavy atom. The Bertz CT molecular complexity index is 334. The van der Waals surface area contributed by atoms with Crippen molar-refractivity contribution in [3.63, 3.8) is 0 Å². The van der Waals surface area contributed by atoms with Crippen LogP contribution in [0.4, 0.5) is 0 Å². The Morgan fingerprint density at radius 3 is 2.19 bits per heavy atom. The molecule has 89 valence electrons. The molecule has 0 fully saturated rings. The van der Waals surface area contributed by atoms with Crippen LogP contribution >= 0.6 is 0 Å². The van der Waals surface area contributed by atoms with Crippen molar-refractivity contribution in [2.45, 2.75) is 27.7 Å². The molecule has 1 aromatic carbocycles. The van der Waals surface area contributed by atoms with E-state index in [9.17, 15) is 0 Å². The SMILES string of the molecule is CCOc1[c]cc(OCC)c(C)c1OCC. The van der Waals surface area contributed by atoms with Crippen LogP contribution in [0.5, 0.6) is 17.2 Å². The topological polar surface area (TPSA) is 27.7 Å². The van der Waals surface area contributed by atoms with Gasteiger partial charge in [-0.1, -0.05) is 0 Å². The van der Waals surface area contributed by atoms with Crippen molar-refractivity contribution in [3.05, 3.63) is 17.7 Å². The van der Waals surface area contributed by atoms with Gasteiger partial charge in [0.15, 0.2) is 11.5 Å². The zero-order chi connectivity index (χ0) is 12.0. The van der Waals surface area contributed by atoms with Crippen molar-refractivity contribution in [2.75, 3.05) is 19.8 Å². The van der Waals surface area contributed by atoms with Gasteiger partial charge < -0.3 is 14.2 Å². The van der Waals surface area contributed by atoms with Gasteiger partial charge in [0.2, 0.25) is 0 Å². The smallest absolute Gasteiger partial charge is 0.169 e. The lowest BCUT2D eigenvalue weighted by Crippen LogP contribution is -2.02. The summed E-state index contributed by atoms with van der Waals surface area (Å²) in [6, 6.07) is 4.84. The number of hydrogen-bond acceptors (Lipinski definition) is 3. The summed E-state index contributed by atoms with van der Waals surface area (Å²) in [5.41, 5.74) is 0.964. The molecule has 0 atom stereocenters. The lowest BCUT2D eigenvalue weighted by Gasteiger charge is -2.15. The zero-order valence-electron chi connectivity index (χ0n) is 10.4. The van der Waals surface area contributed by atoms with Gasteiger partial charge in [0.25, 0.3) is 0 Å². The van der Waals surface area contributed by atoms with Crippen LogP contribution in [0, 0.1) is 13.0 Å². The van der Waals surface area contributed by atoms with Crippen LogP contribution in [-0.2, 0) is 0 Å². The van der Waals surface area contributed by atoms with E-state index in [0.29, 0.717) is 25.6 Å². The Balaban J connectivity index is 3.07. The average molecular weight is 223 g/mol. The summed E-state index contributed by atoms with van der Waals surface area (Å²) in [5, 5.41) is 0. The summed E-state index contributed by atoms with van der Waals surface area (Å²) in [5.74, 6) is 2.19. The largest absolute Gasteiger partial charge is 0.493 e. The fourth-order valence-electron chi connectivity index (χ4n) is 1.46. The van der Waals surface area contributed by atoms with Gasteiger partial charge in [-0.05, 0) is 33.8 Å². The molecule has 0 aliphatic rings. The maximum atomic E-state index is 5.57. The Hall–Kier alpha value is -1.38. The third kappa shape index (κ3) is 2.81. The maximum absolute atomic E-state index is 5.57. The van der Waals surface area contributed by atoms with Crippen molar-refractivity contribution in [1.82, 2.24) is 0 Å². The van der Waals surface area contributed by atoms with Crippen molar-refractivity contribution in [3.8, 4) is 17.2 Å². The first-order chi connectivity index (χ1) is 7.74. The van der Waals surface area contributed by atoms with Gasteiger partial charge >= 0.3 is 0 Å². The van der Waals surface area contributed by atoms with E-state index in [4.69, 9.17) is 14.2 Å². The van der Waals surface area contributed by atoms with Crippen molar-refractivity contribution < 1.29 is 14.2 Å². The summed E-state index contributed by atoms with van der Waals surface area (Å²) in [6.07, 6.45) is 0. The van der Waals surface area contributed by atoms with E-state index in [1.807, 2.05) is 27.7 Å². The highest BCUT2D eigenvalue weighted by atomic mass is 16.5. The van der Waals surface area contributed by atoms with Gasteiger partial charge in [0.05, 0.1) is 19.8 Å². The monoisotopic (exact) mass is 223 g/mol. The van der Waals surface area contributed by atoms with Crippen molar-refractivity contribution in [2.24, 2.45) is 0 Å². The molecule has 0 N–H and O–H groups in total. The van der Waals surface area contributed by atoms with Crippen LogP contribution in [0.1, 0.15) is 26.3 Å². The molecule has 0 aliphatic heterocycles. The molecular weight excluding hydrogens is 204 g/mol. The first-order valence-corrected chi connectivity index (χ1v) is 5.68. The molecule has 0 aliphatic carbocycles. The molecule has 0 bridgehead atoms. The summed E-state index contributed by atoms with van der Waals surface area (Å²) in [4.78, 5) is 0. The summed E-state index contributed by atoms with van der Waals surface area (Å²) >= 11 is 0. The molecule has 0 saturated carbocycles. The molecular formula is C13H19O3. The highest BCUT2D eigenvalue weighted by molar-refractivity contribution is 5.52.